The van der Waals surface area contributed by atoms with E-state index in [0.29, 0.717) is 5.16 Å². The van der Waals surface area contributed by atoms with Gasteiger partial charge < -0.3 is 9.72 Å². The summed E-state index contributed by atoms with van der Waals surface area (Å²) in [7, 11) is 0. The highest BCUT2D eigenvalue weighted by Crippen LogP contribution is 2.24. The Morgan fingerprint density at radius 3 is 2.79 bits per heavy atom. The van der Waals surface area contributed by atoms with Crippen LogP contribution in [0.25, 0.3) is 11.0 Å². The normalized spacial score (nSPS) is 12.3. The van der Waals surface area contributed by atoms with Crippen LogP contribution in [0.1, 0.15) is 13.8 Å². The summed E-state index contributed by atoms with van der Waals surface area (Å²) in [6.45, 7) is 3.33. The highest BCUT2D eigenvalue weighted by atomic mass is 32.2. The fourth-order valence-electron chi connectivity index (χ4n) is 1.61. The molecule has 0 amide bonds. The minimum atomic E-state index is -0.875. The number of H-pyrrole nitrogens is 1. The molecule has 2 aromatic rings. The average Bonchev–Trinajstić information content (AvgIpc) is 2.78. The fraction of sp³-hybridized carbons (Fsp3) is 0.308. The van der Waals surface area contributed by atoms with Crippen LogP contribution in [0.3, 0.4) is 0 Å². The number of benzene rings is 1. The third-order valence-electron chi connectivity index (χ3n) is 2.47. The van der Waals surface area contributed by atoms with Gasteiger partial charge in [0.05, 0.1) is 17.6 Å². The third-order valence-corrected chi connectivity index (χ3v) is 3.64. The Kier molecular flexibility index (Phi) is 4.21. The minimum Gasteiger partial charge on any atom is -0.465 e. The quantitative estimate of drug-likeness (QED) is 0.515. The maximum atomic E-state index is 11.7. The zero-order chi connectivity index (χ0) is 13.8. The van der Waals surface area contributed by atoms with E-state index < -0.39 is 11.2 Å². The summed E-state index contributed by atoms with van der Waals surface area (Å²) in [5.41, 5.74) is 1.67. The number of para-hydroxylation sites is 2. The van der Waals surface area contributed by atoms with Crippen molar-refractivity contribution in [3.05, 3.63) is 24.3 Å². The van der Waals surface area contributed by atoms with Crippen molar-refractivity contribution in [3.63, 3.8) is 0 Å². The van der Waals surface area contributed by atoms with Gasteiger partial charge in [0.1, 0.15) is 0 Å². The molecule has 0 bridgehead atoms. The van der Waals surface area contributed by atoms with Crippen LogP contribution in [0.4, 0.5) is 0 Å². The number of ketones is 1. The first-order chi connectivity index (χ1) is 9.11. The molecule has 1 heterocycles. The standard InChI is InChI=1S/C13H14N2O3S/c1-3-18-12(17)11(8(2)16)19-13-14-9-6-4-5-7-10(9)15-13/h4-7,11H,3H2,1-2H3,(H,14,15)/t11-/m1/s1. The number of carbonyl (C=O) groups is 2. The van der Waals surface area contributed by atoms with E-state index in [9.17, 15) is 9.59 Å². The SMILES string of the molecule is CCOC(=O)[C@H](Sc1nc2ccccc2[nH]1)C(C)=O. The fourth-order valence-corrected chi connectivity index (χ4v) is 2.49. The van der Waals surface area contributed by atoms with Crippen molar-refractivity contribution in [3.8, 4) is 0 Å². The largest absolute Gasteiger partial charge is 0.465 e. The van der Waals surface area contributed by atoms with Gasteiger partial charge in [-0.15, -0.1) is 0 Å². The summed E-state index contributed by atoms with van der Waals surface area (Å²) in [4.78, 5) is 30.6. The van der Waals surface area contributed by atoms with E-state index >= 15 is 0 Å². The van der Waals surface area contributed by atoms with Crippen molar-refractivity contribution >= 4 is 34.5 Å². The number of fused-ring (bicyclic) bond motifs is 1. The number of rotatable bonds is 5. The molecular weight excluding hydrogens is 264 g/mol. The molecule has 2 rings (SSSR count). The number of nitrogens with zero attached hydrogens (tertiary/aromatic N) is 1. The number of aromatic nitrogens is 2. The summed E-state index contributed by atoms with van der Waals surface area (Å²) < 4.78 is 4.89. The molecule has 19 heavy (non-hydrogen) atoms. The Hall–Kier alpha value is -1.82. The van der Waals surface area contributed by atoms with Crippen molar-refractivity contribution in [2.45, 2.75) is 24.3 Å². The number of nitrogens with one attached hydrogen (secondary N) is 1. The molecule has 1 aromatic carbocycles. The van der Waals surface area contributed by atoms with Crippen molar-refractivity contribution < 1.29 is 14.3 Å². The van der Waals surface area contributed by atoms with Crippen LogP contribution in [0.5, 0.6) is 0 Å². The first-order valence-corrected chi connectivity index (χ1v) is 6.78. The van der Waals surface area contributed by atoms with Gasteiger partial charge in [-0.05, 0) is 26.0 Å². The first kappa shape index (κ1) is 13.6. The maximum Gasteiger partial charge on any atom is 0.327 e. The van der Waals surface area contributed by atoms with Crippen molar-refractivity contribution in [2.75, 3.05) is 6.61 Å². The average molecular weight is 278 g/mol. The summed E-state index contributed by atoms with van der Waals surface area (Å²) in [5.74, 6) is -0.774. The van der Waals surface area contributed by atoms with E-state index in [2.05, 4.69) is 9.97 Å². The number of imidazole rings is 1. The predicted molar refractivity (Wildman–Crippen MR) is 73.1 cm³/mol. The number of aromatic amines is 1. The molecule has 0 spiro atoms. The van der Waals surface area contributed by atoms with E-state index in [4.69, 9.17) is 4.74 Å². The van der Waals surface area contributed by atoms with Crippen molar-refractivity contribution in [1.29, 1.82) is 0 Å². The lowest BCUT2D eigenvalue weighted by atomic mass is 10.3. The van der Waals surface area contributed by atoms with Gasteiger partial charge in [-0.3, -0.25) is 9.59 Å². The number of Topliss-reactive ketones (excluding diaryl/α,β-unsaturated/α-hetero) is 1. The van der Waals surface area contributed by atoms with E-state index in [1.54, 1.807) is 6.92 Å². The number of hydrogen-bond acceptors (Lipinski definition) is 5. The van der Waals surface area contributed by atoms with Gasteiger partial charge in [-0.1, -0.05) is 23.9 Å². The van der Waals surface area contributed by atoms with E-state index in [0.717, 1.165) is 22.8 Å². The van der Waals surface area contributed by atoms with E-state index in [1.807, 2.05) is 24.3 Å². The molecule has 1 N–H and O–H groups in total. The van der Waals surface area contributed by atoms with Crippen LogP contribution in [-0.4, -0.2) is 33.6 Å². The van der Waals surface area contributed by atoms with Crippen LogP contribution in [0.15, 0.2) is 29.4 Å². The van der Waals surface area contributed by atoms with Crippen LogP contribution in [0.2, 0.25) is 0 Å². The topological polar surface area (TPSA) is 72.0 Å². The third kappa shape index (κ3) is 3.14. The number of thioether (sulfide) groups is 1. The van der Waals surface area contributed by atoms with Crippen molar-refractivity contribution in [2.24, 2.45) is 0 Å². The van der Waals surface area contributed by atoms with Gasteiger partial charge in [-0.2, -0.15) is 0 Å². The maximum absolute atomic E-state index is 11.7. The monoisotopic (exact) mass is 278 g/mol. The second kappa shape index (κ2) is 5.88. The summed E-state index contributed by atoms with van der Waals surface area (Å²) >= 11 is 1.08. The lowest BCUT2D eigenvalue weighted by molar-refractivity contribution is -0.144. The Balaban J connectivity index is 2.21. The van der Waals surface area contributed by atoms with Crippen LogP contribution >= 0.6 is 11.8 Å². The molecular formula is C13H14N2O3S. The van der Waals surface area contributed by atoms with Gasteiger partial charge >= 0.3 is 5.97 Å². The summed E-state index contributed by atoms with van der Waals surface area (Å²) in [5, 5.41) is -0.338. The molecule has 1 aromatic heterocycles. The van der Waals surface area contributed by atoms with Gasteiger partial charge in [0, 0.05) is 0 Å². The van der Waals surface area contributed by atoms with Crippen LogP contribution in [-0.2, 0) is 14.3 Å². The highest BCUT2D eigenvalue weighted by Gasteiger charge is 2.27. The zero-order valence-electron chi connectivity index (χ0n) is 10.7. The number of carbonyl (C=O) groups excluding carboxylic acids is 2. The molecule has 0 aliphatic heterocycles. The molecule has 5 nitrogen and oxygen atoms in total. The Morgan fingerprint density at radius 1 is 1.42 bits per heavy atom. The molecule has 1 atom stereocenters. The molecule has 0 radical (unpaired) electrons. The number of esters is 1. The van der Waals surface area contributed by atoms with Crippen LogP contribution < -0.4 is 0 Å². The van der Waals surface area contributed by atoms with Gasteiger partial charge in [0.15, 0.2) is 16.2 Å². The Labute approximate surface area is 114 Å². The predicted octanol–water partition coefficient (Wildman–Crippen LogP) is 2.18. The second-order valence-electron chi connectivity index (χ2n) is 3.92. The first-order valence-electron chi connectivity index (χ1n) is 5.90. The van der Waals surface area contributed by atoms with E-state index in [-0.39, 0.29) is 12.4 Å². The molecule has 100 valence electrons. The zero-order valence-corrected chi connectivity index (χ0v) is 11.5. The summed E-state index contributed by atoms with van der Waals surface area (Å²) in [6.07, 6.45) is 0. The molecule has 0 fully saturated rings. The Morgan fingerprint density at radius 2 is 2.16 bits per heavy atom. The van der Waals surface area contributed by atoms with Gasteiger partial charge in [0.2, 0.25) is 0 Å². The molecule has 0 unspecified atom stereocenters. The lowest BCUT2D eigenvalue weighted by Crippen LogP contribution is -2.27. The number of hydrogen-bond donors (Lipinski definition) is 1. The highest BCUT2D eigenvalue weighted by molar-refractivity contribution is 8.01. The van der Waals surface area contributed by atoms with Gasteiger partial charge in [-0.25, -0.2) is 4.98 Å². The Bertz CT molecular complexity index is 576. The molecule has 0 aliphatic rings. The van der Waals surface area contributed by atoms with Crippen molar-refractivity contribution in [1.82, 2.24) is 9.97 Å². The molecule has 6 heteroatoms. The number of ether oxygens (including phenoxy) is 1. The molecule has 0 saturated heterocycles. The molecule has 0 aliphatic carbocycles. The smallest absolute Gasteiger partial charge is 0.327 e. The minimum absolute atomic E-state index is 0.246. The second-order valence-corrected chi connectivity index (χ2v) is 5.01. The van der Waals surface area contributed by atoms with Gasteiger partial charge in [0.25, 0.3) is 0 Å². The van der Waals surface area contributed by atoms with E-state index in [1.165, 1.54) is 6.92 Å². The lowest BCUT2D eigenvalue weighted by Gasteiger charge is -2.09. The summed E-state index contributed by atoms with van der Waals surface area (Å²) in [6, 6.07) is 7.52. The van der Waals surface area contributed by atoms with Crippen LogP contribution in [0, 0.1) is 0 Å². The molecule has 0 saturated carbocycles.